The number of anilines is 3. The molecular weight excluding hydrogens is 637 g/mol. The van der Waals surface area contributed by atoms with Gasteiger partial charge in [-0.3, -0.25) is 9.59 Å². The van der Waals surface area contributed by atoms with Crippen molar-refractivity contribution in [3.63, 3.8) is 0 Å². The number of ether oxygens (including phenoxy) is 2. The third kappa shape index (κ3) is 5.85. The Labute approximate surface area is 288 Å². The number of thiophene rings is 1. The topological polar surface area (TPSA) is 101 Å². The summed E-state index contributed by atoms with van der Waals surface area (Å²) in [5.74, 6) is -0.00000359. The van der Waals surface area contributed by atoms with Crippen molar-refractivity contribution in [1.82, 2.24) is 4.98 Å². The van der Waals surface area contributed by atoms with E-state index in [-0.39, 0.29) is 23.2 Å². The van der Waals surface area contributed by atoms with Gasteiger partial charge in [0.05, 0.1) is 23.4 Å². The number of nitrogens with zero attached hydrogens (tertiary/aromatic N) is 3. The van der Waals surface area contributed by atoms with E-state index in [9.17, 15) is 14.4 Å². The van der Waals surface area contributed by atoms with Gasteiger partial charge in [-0.2, -0.15) is 0 Å². The number of benzene rings is 3. The number of esters is 1. The smallest absolute Gasteiger partial charge is 0.348 e. The second kappa shape index (κ2) is 12.8. The van der Waals surface area contributed by atoms with Crippen LogP contribution in [0.25, 0.3) is 21.3 Å². The highest BCUT2D eigenvalue weighted by molar-refractivity contribution is 7.17. The van der Waals surface area contributed by atoms with E-state index in [2.05, 4.69) is 10.2 Å². The lowest BCUT2D eigenvalue weighted by atomic mass is 9.73. The van der Waals surface area contributed by atoms with Gasteiger partial charge >= 0.3 is 5.97 Å². The summed E-state index contributed by atoms with van der Waals surface area (Å²) in [7, 11) is 0. The molecule has 2 amide bonds. The lowest BCUT2D eigenvalue weighted by molar-refractivity contribution is -0.000493. The highest BCUT2D eigenvalue weighted by Gasteiger charge is 2.45. The van der Waals surface area contributed by atoms with Crippen LogP contribution in [-0.2, 0) is 15.9 Å². The molecule has 5 heterocycles. The van der Waals surface area contributed by atoms with Crippen LogP contribution in [0.4, 0.5) is 17.2 Å². The van der Waals surface area contributed by atoms with Gasteiger partial charge in [0.25, 0.3) is 11.8 Å². The first-order valence-corrected chi connectivity index (χ1v) is 17.6. The van der Waals surface area contributed by atoms with Crippen LogP contribution < -0.4 is 15.1 Å². The van der Waals surface area contributed by atoms with E-state index in [1.807, 2.05) is 60.7 Å². The number of pyridine rings is 1. The molecule has 10 heteroatoms. The summed E-state index contributed by atoms with van der Waals surface area (Å²) in [6.07, 6.45) is 2.66. The van der Waals surface area contributed by atoms with Gasteiger partial charge in [-0.25, -0.2) is 9.78 Å². The fourth-order valence-electron chi connectivity index (χ4n) is 7.21. The van der Waals surface area contributed by atoms with Gasteiger partial charge in [-0.15, -0.1) is 11.3 Å². The van der Waals surface area contributed by atoms with E-state index in [1.54, 1.807) is 36.1 Å². The Morgan fingerprint density at radius 2 is 1.71 bits per heavy atom. The molecule has 8 rings (SSSR count). The minimum atomic E-state index is -0.324. The molecule has 248 valence electrons. The van der Waals surface area contributed by atoms with Crippen LogP contribution in [0.15, 0.2) is 84.9 Å². The molecule has 1 spiro atoms. The number of amides is 2. The molecule has 3 aliphatic heterocycles. The molecule has 2 aromatic heterocycles. The lowest BCUT2D eigenvalue weighted by Crippen LogP contribution is -2.59. The van der Waals surface area contributed by atoms with Gasteiger partial charge in [0.2, 0.25) is 0 Å². The van der Waals surface area contributed by atoms with Crippen molar-refractivity contribution in [2.24, 2.45) is 5.41 Å². The van der Waals surface area contributed by atoms with Gasteiger partial charge in [-0.1, -0.05) is 36.4 Å². The van der Waals surface area contributed by atoms with Crippen LogP contribution in [0.1, 0.15) is 55.7 Å². The second-order valence-electron chi connectivity index (χ2n) is 13.0. The lowest BCUT2D eigenvalue weighted by Gasteiger charge is -2.53. The summed E-state index contributed by atoms with van der Waals surface area (Å²) >= 11 is 1.40. The van der Waals surface area contributed by atoms with Crippen molar-refractivity contribution in [1.29, 1.82) is 0 Å². The molecule has 1 N–H and O–H groups in total. The Hall–Kier alpha value is -5.06. The van der Waals surface area contributed by atoms with Crippen molar-refractivity contribution >= 4 is 57.2 Å². The third-order valence-corrected chi connectivity index (χ3v) is 11.0. The van der Waals surface area contributed by atoms with E-state index < -0.39 is 0 Å². The number of carbonyl (C=O) groups is 3. The Kier molecular flexibility index (Phi) is 8.13. The molecule has 2 fully saturated rings. The van der Waals surface area contributed by atoms with Crippen LogP contribution >= 0.6 is 11.3 Å². The summed E-state index contributed by atoms with van der Waals surface area (Å²) in [6, 6.07) is 26.5. The zero-order valence-electron chi connectivity index (χ0n) is 27.2. The summed E-state index contributed by atoms with van der Waals surface area (Å²) in [5, 5.41) is 3.96. The predicted molar refractivity (Wildman–Crippen MR) is 192 cm³/mol. The largest absolute Gasteiger partial charge is 0.462 e. The molecule has 0 saturated carbocycles. The molecule has 0 atom stereocenters. The molecule has 2 saturated heterocycles. The maximum atomic E-state index is 14.0. The van der Waals surface area contributed by atoms with Crippen LogP contribution in [0.2, 0.25) is 0 Å². The average Bonchev–Trinajstić information content (AvgIpc) is 3.49. The third-order valence-electron chi connectivity index (χ3n) is 9.82. The molecule has 49 heavy (non-hydrogen) atoms. The van der Waals surface area contributed by atoms with Gasteiger partial charge in [-0.05, 0) is 80.3 Å². The number of hydrogen-bond acceptors (Lipinski definition) is 8. The minimum Gasteiger partial charge on any atom is -0.462 e. The zero-order valence-corrected chi connectivity index (χ0v) is 28.1. The maximum absolute atomic E-state index is 14.0. The van der Waals surface area contributed by atoms with Gasteiger partial charge in [0.1, 0.15) is 10.7 Å². The molecule has 0 unspecified atom stereocenters. The van der Waals surface area contributed by atoms with Crippen molar-refractivity contribution in [2.45, 2.75) is 26.2 Å². The van der Waals surface area contributed by atoms with E-state index in [0.29, 0.717) is 47.1 Å². The van der Waals surface area contributed by atoms with Crippen molar-refractivity contribution in [3.8, 4) is 10.4 Å². The average molecular weight is 673 g/mol. The first-order valence-electron chi connectivity index (χ1n) is 16.8. The first-order chi connectivity index (χ1) is 23.9. The van der Waals surface area contributed by atoms with E-state index in [0.717, 1.165) is 71.7 Å². The van der Waals surface area contributed by atoms with Gasteiger partial charge in [0.15, 0.2) is 0 Å². The summed E-state index contributed by atoms with van der Waals surface area (Å²) in [6.45, 7) is 5.86. The SMILES string of the molecule is CCOC(=O)c1cc2c(s1)-c1ccccc1N(C(=O)c1ccc(NC(=O)c3cc4ccccc4nc3N3CC4(CCOCC4)C3)cc1)CC2. The van der Waals surface area contributed by atoms with E-state index in [1.165, 1.54) is 11.3 Å². The number of para-hydroxylation sites is 2. The molecular formula is C39H36N4O5S. The molecule has 3 aromatic carbocycles. The van der Waals surface area contributed by atoms with E-state index >= 15 is 0 Å². The standard InChI is InChI=1S/C39H36N4O5S/c1-2-48-38(46)33-22-27-15-18-43(32-10-6-4-8-29(32)34(27)49-33)37(45)25-11-13-28(14-12-25)40-36(44)30-21-26-7-3-5-9-31(26)41-35(30)42-23-39(24-42)16-19-47-20-17-39/h3-14,21-22H,2,15-20,23-24H2,1H3,(H,40,44). The fourth-order valence-corrected chi connectivity index (χ4v) is 8.35. The monoisotopic (exact) mass is 672 g/mol. The van der Waals surface area contributed by atoms with Crippen LogP contribution in [-0.4, -0.2) is 62.2 Å². The number of fused-ring (bicyclic) bond motifs is 4. The molecule has 0 radical (unpaired) electrons. The van der Waals surface area contributed by atoms with Crippen LogP contribution in [0.5, 0.6) is 0 Å². The molecule has 3 aliphatic rings. The molecule has 0 bridgehead atoms. The Morgan fingerprint density at radius 3 is 2.51 bits per heavy atom. The predicted octanol–water partition coefficient (Wildman–Crippen LogP) is 7.21. The minimum absolute atomic E-state index is 0.132. The highest BCUT2D eigenvalue weighted by Crippen LogP contribution is 2.44. The van der Waals surface area contributed by atoms with Crippen LogP contribution in [0.3, 0.4) is 0 Å². The number of aromatic nitrogens is 1. The molecule has 0 aliphatic carbocycles. The zero-order chi connectivity index (χ0) is 33.5. The normalized spacial score (nSPS) is 16.3. The van der Waals surface area contributed by atoms with Gasteiger partial charge in [0, 0.05) is 65.3 Å². The van der Waals surface area contributed by atoms with Crippen molar-refractivity contribution in [3.05, 3.63) is 106 Å². The summed E-state index contributed by atoms with van der Waals surface area (Å²) in [4.78, 5) is 50.7. The quantitative estimate of drug-likeness (QED) is 0.190. The fraction of sp³-hybridized carbons (Fsp3) is 0.282. The molecule has 5 aromatic rings. The Balaban J connectivity index is 1.02. The van der Waals surface area contributed by atoms with Crippen molar-refractivity contribution in [2.75, 3.05) is 54.6 Å². The number of nitrogens with one attached hydrogen (secondary N) is 1. The summed E-state index contributed by atoms with van der Waals surface area (Å²) < 4.78 is 10.8. The Bertz CT molecular complexity index is 2080. The summed E-state index contributed by atoms with van der Waals surface area (Å²) in [5.41, 5.74) is 5.46. The number of carbonyl (C=O) groups excluding carboxylic acids is 3. The highest BCUT2D eigenvalue weighted by atomic mass is 32.1. The number of rotatable bonds is 6. The van der Waals surface area contributed by atoms with Crippen molar-refractivity contribution < 1.29 is 23.9 Å². The number of hydrogen-bond donors (Lipinski definition) is 1. The van der Waals surface area contributed by atoms with E-state index in [4.69, 9.17) is 14.5 Å². The Morgan fingerprint density at radius 1 is 0.959 bits per heavy atom. The van der Waals surface area contributed by atoms with Crippen LogP contribution in [0, 0.1) is 5.41 Å². The van der Waals surface area contributed by atoms with Gasteiger partial charge < -0.3 is 24.6 Å². The molecule has 9 nitrogen and oxygen atoms in total. The first kappa shape index (κ1) is 31.2. The second-order valence-corrected chi connectivity index (χ2v) is 14.0. The maximum Gasteiger partial charge on any atom is 0.348 e.